The van der Waals surface area contributed by atoms with Gasteiger partial charge in [0.05, 0.1) is 18.0 Å². The fraction of sp³-hybridized carbons (Fsp3) is 0.227. The van der Waals surface area contributed by atoms with Crippen LogP contribution in [-0.2, 0) is 24.4 Å². The number of nitrogens with zero attached hydrogens (tertiary/aromatic N) is 4. The maximum Gasteiger partial charge on any atom is 0.278 e. The first-order chi connectivity index (χ1) is 14.3. The fourth-order valence-corrected chi connectivity index (χ4v) is 3.01. The predicted octanol–water partition coefficient (Wildman–Crippen LogP) is 4.21. The molecule has 0 spiro atoms. The van der Waals surface area contributed by atoms with E-state index in [0.717, 1.165) is 22.7 Å². The summed E-state index contributed by atoms with van der Waals surface area (Å²) in [5.41, 5.74) is 3.48. The summed E-state index contributed by atoms with van der Waals surface area (Å²) < 4.78 is 18.7. The van der Waals surface area contributed by atoms with E-state index < -0.39 is 0 Å². The highest BCUT2D eigenvalue weighted by Crippen LogP contribution is 2.26. The Morgan fingerprint density at radius 3 is 2.66 bits per heavy atom. The topological polar surface area (TPSA) is 75.2 Å². The van der Waals surface area contributed by atoms with Crippen molar-refractivity contribution in [2.75, 3.05) is 7.11 Å². The van der Waals surface area contributed by atoms with Crippen LogP contribution in [0.25, 0.3) is 17.3 Å². The molecule has 0 amide bonds. The summed E-state index contributed by atoms with van der Waals surface area (Å²) in [5, 5.41) is 3.97. The number of hydrogen-bond acceptors (Lipinski definition) is 6. The van der Waals surface area contributed by atoms with Crippen LogP contribution in [0.3, 0.4) is 0 Å². The molecule has 0 unspecified atom stereocenters. The molecule has 0 aliphatic carbocycles. The van der Waals surface area contributed by atoms with Gasteiger partial charge in [-0.3, -0.25) is 4.57 Å². The van der Waals surface area contributed by atoms with Crippen molar-refractivity contribution in [2.45, 2.75) is 26.6 Å². The predicted molar refractivity (Wildman–Crippen MR) is 108 cm³/mol. The van der Waals surface area contributed by atoms with E-state index in [0.29, 0.717) is 37.0 Å². The number of imidazole rings is 1. The Kier molecular flexibility index (Phi) is 5.67. The number of ether oxygens (including phenoxy) is 2. The van der Waals surface area contributed by atoms with Gasteiger partial charge in [-0.1, -0.05) is 48.5 Å². The van der Waals surface area contributed by atoms with E-state index in [4.69, 9.17) is 14.0 Å². The molecule has 4 aromatic rings. The Bertz CT molecular complexity index is 1070. The lowest BCUT2D eigenvalue weighted by Gasteiger charge is -2.11. The van der Waals surface area contributed by atoms with E-state index in [1.54, 1.807) is 13.4 Å². The van der Waals surface area contributed by atoms with Crippen molar-refractivity contribution in [2.24, 2.45) is 0 Å². The quantitative estimate of drug-likeness (QED) is 0.449. The summed E-state index contributed by atoms with van der Waals surface area (Å²) in [6.07, 6.45) is 2.43. The molecular weight excluding hydrogens is 368 g/mol. The SMILES string of the molecule is CCc1noc(-c2ncn(-c3cccc(OCc4ccccc4)c3)c2COC)n1. The molecule has 0 bridgehead atoms. The van der Waals surface area contributed by atoms with Gasteiger partial charge in [-0.25, -0.2) is 4.98 Å². The maximum atomic E-state index is 5.96. The second-order valence-electron chi connectivity index (χ2n) is 6.48. The Hall–Kier alpha value is -3.45. The van der Waals surface area contributed by atoms with Gasteiger partial charge in [-0.2, -0.15) is 4.98 Å². The third-order valence-electron chi connectivity index (χ3n) is 4.48. The number of aryl methyl sites for hydroxylation is 1. The summed E-state index contributed by atoms with van der Waals surface area (Å²) in [6, 6.07) is 17.9. The first-order valence-electron chi connectivity index (χ1n) is 9.43. The Morgan fingerprint density at radius 1 is 1.03 bits per heavy atom. The van der Waals surface area contributed by atoms with Gasteiger partial charge in [0, 0.05) is 19.6 Å². The van der Waals surface area contributed by atoms with Gasteiger partial charge in [0.1, 0.15) is 18.7 Å². The zero-order valence-corrected chi connectivity index (χ0v) is 16.4. The van der Waals surface area contributed by atoms with Crippen LogP contribution >= 0.6 is 0 Å². The fourth-order valence-electron chi connectivity index (χ4n) is 3.01. The summed E-state index contributed by atoms with van der Waals surface area (Å²) in [6.45, 7) is 2.84. The first-order valence-corrected chi connectivity index (χ1v) is 9.43. The summed E-state index contributed by atoms with van der Waals surface area (Å²) in [7, 11) is 1.64. The molecule has 0 N–H and O–H groups in total. The second-order valence-corrected chi connectivity index (χ2v) is 6.48. The van der Waals surface area contributed by atoms with Crippen molar-refractivity contribution in [3.63, 3.8) is 0 Å². The van der Waals surface area contributed by atoms with E-state index in [2.05, 4.69) is 15.1 Å². The highest BCUT2D eigenvalue weighted by Gasteiger charge is 2.19. The number of aromatic nitrogens is 4. The Balaban J connectivity index is 1.62. The van der Waals surface area contributed by atoms with Crippen molar-refractivity contribution in [3.8, 4) is 23.0 Å². The lowest BCUT2D eigenvalue weighted by atomic mass is 10.2. The molecule has 2 heterocycles. The van der Waals surface area contributed by atoms with Crippen LogP contribution in [0, 0.1) is 0 Å². The second kappa shape index (κ2) is 8.70. The van der Waals surface area contributed by atoms with Crippen LogP contribution in [0.15, 0.2) is 65.4 Å². The van der Waals surface area contributed by atoms with Gasteiger partial charge >= 0.3 is 0 Å². The van der Waals surface area contributed by atoms with Crippen LogP contribution in [-0.4, -0.2) is 26.8 Å². The van der Waals surface area contributed by atoms with Crippen LogP contribution in [0.5, 0.6) is 5.75 Å². The molecule has 29 heavy (non-hydrogen) atoms. The molecule has 2 aromatic carbocycles. The molecule has 7 heteroatoms. The van der Waals surface area contributed by atoms with E-state index >= 15 is 0 Å². The van der Waals surface area contributed by atoms with E-state index in [9.17, 15) is 0 Å². The minimum atomic E-state index is 0.355. The summed E-state index contributed by atoms with van der Waals surface area (Å²) >= 11 is 0. The first kappa shape index (κ1) is 18.9. The monoisotopic (exact) mass is 390 g/mol. The zero-order valence-electron chi connectivity index (χ0n) is 16.4. The molecule has 148 valence electrons. The van der Waals surface area contributed by atoms with Gasteiger partial charge in [0.25, 0.3) is 5.89 Å². The minimum Gasteiger partial charge on any atom is -0.489 e. The molecule has 4 rings (SSSR count). The molecular formula is C22H22N4O3. The van der Waals surface area contributed by atoms with Crippen molar-refractivity contribution in [1.82, 2.24) is 19.7 Å². The molecule has 0 fully saturated rings. The summed E-state index contributed by atoms with van der Waals surface area (Å²) in [5.74, 6) is 1.81. The average Bonchev–Trinajstić information content (AvgIpc) is 3.40. The Morgan fingerprint density at radius 2 is 1.90 bits per heavy atom. The standard InChI is InChI=1S/C22H22N4O3/c1-3-20-24-22(29-25-20)21-19(14-27-2)26(15-23-21)17-10-7-11-18(12-17)28-13-16-8-5-4-6-9-16/h4-12,15H,3,13-14H2,1-2H3. The van der Waals surface area contributed by atoms with E-state index in [1.165, 1.54) is 0 Å². The molecule has 0 atom stereocenters. The van der Waals surface area contributed by atoms with Crippen LogP contribution in [0.2, 0.25) is 0 Å². The van der Waals surface area contributed by atoms with Crippen molar-refractivity contribution in [3.05, 3.63) is 78.0 Å². The number of methoxy groups -OCH3 is 1. The molecule has 7 nitrogen and oxygen atoms in total. The van der Waals surface area contributed by atoms with Crippen molar-refractivity contribution >= 4 is 0 Å². The molecule has 2 aromatic heterocycles. The number of rotatable bonds is 8. The van der Waals surface area contributed by atoms with Gasteiger partial charge in [-0.05, 0) is 17.7 Å². The molecule has 0 aliphatic rings. The molecule has 0 saturated carbocycles. The van der Waals surface area contributed by atoms with Gasteiger partial charge in [-0.15, -0.1) is 0 Å². The number of hydrogen-bond donors (Lipinski definition) is 0. The lowest BCUT2D eigenvalue weighted by Crippen LogP contribution is -2.02. The van der Waals surface area contributed by atoms with Gasteiger partial charge in [0.2, 0.25) is 0 Å². The highest BCUT2D eigenvalue weighted by atomic mass is 16.5. The van der Waals surface area contributed by atoms with Gasteiger partial charge in [0.15, 0.2) is 11.5 Å². The minimum absolute atomic E-state index is 0.355. The maximum absolute atomic E-state index is 5.96. The third kappa shape index (κ3) is 4.20. The Labute approximate surface area is 168 Å². The van der Waals surface area contributed by atoms with E-state index in [1.807, 2.05) is 66.1 Å². The zero-order chi connectivity index (χ0) is 20.1. The van der Waals surface area contributed by atoms with Crippen LogP contribution < -0.4 is 4.74 Å². The molecule has 0 aliphatic heterocycles. The third-order valence-corrected chi connectivity index (χ3v) is 4.48. The van der Waals surface area contributed by atoms with Crippen molar-refractivity contribution in [1.29, 1.82) is 0 Å². The normalized spacial score (nSPS) is 11.0. The smallest absolute Gasteiger partial charge is 0.278 e. The number of benzene rings is 2. The van der Waals surface area contributed by atoms with Crippen molar-refractivity contribution < 1.29 is 14.0 Å². The van der Waals surface area contributed by atoms with Crippen LogP contribution in [0.4, 0.5) is 0 Å². The summed E-state index contributed by atoms with van der Waals surface area (Å²) in [4.78, 5) is 8.89. The molecule has 0 radical (unpaired) electrons. The lowest BCUT2D eigenvalue weighted by molar-refractivity contribution is 0.180. The van der Waals surface area contributed by atoms with Gasteiger partial charge < -0.3 is 14.0 Å². The molecule has 0 saturated heterocycles. The van der Waals surface area contributed by atoms with Crippen LogP contribution in [0.1, 0.15) is 24.0 Å². The highest BCUT2D eigenvalue weighted by molar-refractivity contribution is 5.54. The largest absolute Gasteiger partial charge is 0.489 e. The average molecular weight is 390 g/mol. The van der Waals surface area contributed by atoms with E-state index in [-0.39, 0.29) is 0 Å².